The zero-order valence-corrected chi connectivity index (χ0v) is 12.9. The van der Waals surface area contributed by atoms with E-state index in [4.69, 9.17) is 45.6 Å². The van der Waals surface area contributed by atoms with Crippen LogP contribution in [0.5, 0.6) is 0 Å². The van der Waals surface area contributed by atoms with Gasteiger partial charge in [0.2, 0.25) is 0 Å². The fourth-order valence-electron chi connectivity index (χ4n) is 0. The van der Waals surface area contributed by atoms with Gasteiger partial charge in [0.15, 0.2) is 0 Å². The van der Waals surface area contributed by atoms with E-state index >= 15 is 0 Å². The Labute approximate surface area is 142 Å². The third kappa shape index (κ3) is 65.1. The second kappa shape index (κ2) is 19.9. The third-order valence-corrected chi connectivity index (χ3v) is 0.914. The van der Waals surface area contributed by atoms with Gasteiger partial charge >= 0.3 is 36.8 Å². The summed E-state index contributed by atoms with van der Waals surface area (Å²) in [5.74, 6) is -6.88. The second-order valence-electron chi connectivity index (χ2n) is 3.25. The van der Waals surface area contributed by atoms with E-state index in [0.29, 0.717) is 0 Å². The number of hydrogen-bond donors (Lipinski definition) is 6. The van der Waals surface area contributed by atoms with Crippen LogP contribution in [-0.2, 0) is 24.0 Å². The fraction of sp³-hybridized carbons (Fsp3) is 0.500. The first kappa shape index (κ1) is 32.7. The van der Waals surface area contributed by atoms with Crippen LogP contribution in [0, 0.1) is 0 Å². The Hall–Kier alpha value is -2.13. The van der Waals surface area contributed by atoms with Crippen LogP contribution in [0.25, 0.3) is 0 Å². The van der Waals surface area contributed by atoms with Crippen molar-refractivity contribution in [2.24, 2.45) is 5.73 Å². The standard InChI is InChI=1S/C3H7NO2.C3H6O3.C2H2O4.C2H4O2.Li/c2*1-2(4)3(5)6;3-1(4)2(5)6;1-2(3)4;/h2H,4H2,1H3,(H,5,6);2,4H,1H3,(H,5,6);(H,3,4)(H,5,6);1H3,(H,3,4);/q;;;;+1/p-1. The molecule has 0 saturated heterocycles. The Morgan fingerprint density at radius 2 is 1.04 bits per heavy atom. The van der Waals surface area contributed by atoms with Crippen molar-refractivity contribution >= 4 is 29.8 Å². The van der Waals surface area contributed by atoms with Gasteiger partial charge in [-0.1, -0.05) is 0 Å². The molecule has 0 bridgehead atoms. The van der Waals surface area contributed by atoms with Crippen LogP contribution in [0.1, 0.15) is 20.8 Å². The van der Waals surface area contributed by atoms with Gasteiger partial charge in [-0.2, -0.15) is 0 Å². The van der Waals surface area contributed by atoms with E-state index in [2.05, 4.69) is 0 Å². The molecule has 23 heavy (non-hydrogen) atoms. The molecule has 0 aromatic heterocycles. The predicted molar refractivity (Wildman–Crippen MR) is 66.6 cm³/mol. The second-order valence-corrected chi connectivity index (χ2v) is 3.25. The minimum Gasteiger partial charge on any atom is -0.547 e. The first-order valence-electron chi connectivity index (χ1n) is 5.19. The maximum absolute atomic E-state index is 9.57. The average molecular weight is 335 g/mol. The third-order valence-electron chi connectivity index (χ3n) is 0.914. The summed E-state index contributed by atoms with van der Waals surface area (Å²) in [7, 11) is 0. The normalized spacial score (nSPS) is 10.1. The van der Waals surface area contributed by atoms with Crippen LogP contribution in [0.3, 0.4) is 0 Å². The van der Waals surface area contributed by atoms with E-state index in [1.807, 2.05) is 0 Å². The van der Waals surface area contributed by atoms with Crippen molar-refractivity contribution in [3.05, 3.63) is 0 Å². The minimum atomic E-state index is -1.82. The molecule has 0 aliphatic rings. The molecule has 2 unspecified atom stereocenters. The van der Waals surface area contributed by atoms with Crippen LogP contribution in [0.15, 0.2) is 0 Å². The molecule has 130 valence electrons. The summed E-state index contributed by atoms with van der Waals surface area (Å²) in [4.78, 5) is 46.1. The smallest absolute Gasteiger partial charge is 0.547 e. The number of aliphatic carboxylic acids is 5. The van der Waals surface area contributed by atoms with Crippen LogP contribution in [-0.4, -0.2) is 67.5 Å². The topological polar surface area (TPSA) is 236 Å². The zero-order valence-electron chi connectivity index (χ0n) is 12.9. The van der Waals surface area contributed by atoms with Crippen LogP contribution in [0.2, 0.25) is 0 Å². The van der Waals surface area contributed by atoms with Gasteiger partial charge in [0.05, 0.1) is 12.1 Å². The van der Waals surface area contributed by atoms with Crippen LogP contribution in [0.4, 0.5) is 0 Å². The van der Waals surface area contributed by atoms with Crippen molar-refractivity contribution in [2.45, 2.75) is 32.9 Å². The van der Waals surface area contributed by atoms with Gasteiger partial charge in [-0.25, -0.2) is 9.59 Å². The Kier molecular flexibility index (Phi) is 28.3. The maximum Gasteiger partial charge on any atom is 1.00 e. The summed E-state index contributed by atoms with van der Waals surface area (Å²) in [5, 5.41) is 47.4. The molecule has 2 atom stereocenters. The molecule has 0 aliphatic heterocycles. The molecule has 13 heteroatoms. The molecule has 0 spiro atoms. The van der Waals surface area contributed by atoms with Crippen molar-refractivity contribution in [3.8, 4) is 0 Å². The maximum atomic E-state index is 9.57. The fourth-order valence-corrected chi connectivity index (χ4v) is 0. The van der Waals surface area contributed by atoms with Gasteiger partial charge in [-0.05, 0) is 13.8 Å². The number of carbonyl (C=O) groups excluding carboxylic acids is 1. The quantitative estimate of drug-likeness (QED) is 0.204. The molecule has 0 radical (unpaired) electrons. The first-order chi connectivity index (χ1) is 9.66. The SMILES string of the molecule is CC(=O)O.CC(N)C(=O)O.CC(O)C(=O)[O-].O=C(O)C(=O)O.[Li+]. The summed E-state index contributed by atoms with van der Waals surface area (Å²) in [5.41, 5.74) is 4.84. The van der Waals surface area contributed by atoms with Crippen molar-refractivity contribution < 1.29 is 73.5 Å². The molecule has 0 aromatic carbocycles. The molecule has 0 amide bonds. The number of carboxylic acids is 5. The van der Waals surface area contributed by atoms with E-state index in [-0.39, 0.29) is 18.9 Å². The van der Waals surface area contributed by atoms with Crippen LogP contribution >= 0.6 is 0 Å². The number of hydrogen-bond acceptors (Lipinski definition) is 8. The zero-order chi connectivity index (χ0) is 19.0. The van der Waals surface area contributed by atoms with Gasteiger partial charge in [-0.3, -0.25) is 9.59 Å². The molecule has 12 nitrogen and oxygen atoms in total. The van der Waals surface area contributed by atoms with Crippen molar-refractivity contribution in [3.63, 3.8) is 0 Å². The molecular weight excluding hydrogens is 317 g/mol. The van der Waals surface area contributed by atoms with Gasteiger partial charge in [0.1, 0.15) is 6.04 Å². The van der Waals surface area contributed by atoms with Gasteiger partial charge < -0.3 is 41.2 Å². The number of carboxylic acid groups (broad SMARTS) is 5. The Morgan fingerprint density at radius 1 is 0.913 bits per heavy atom. The van der Waals surface area contributed by atoms with E-state index in [9.17, 15) is 14.7 Å². The molecule has 0 heterocycles. The van der Waals surface area contributed by atoms with E-state index in [1.165, 1.54) is 6.92 Å². The van der Waals surface area contributed by atoms with Gasteiger partial charge in [0, 0.05) is 6.92 Å². The molecule has 7 N–H and O–H groups in total. The average Bonchev–Trinajstić information content (AvgIpc) is 2.29. The monoisotopic (exact) mass is 335 g/mol. The predicted octanol–water partition coefficient (Wildman–Crippen LogP) is -6.21. The Balaban J connectivity index is -0.0000000624. The molecule has 0 aliphatic carbocycles. The number of nitrogens with two attached hydrogens (primary N) is 1. The molecule has 0 rings (SSSR count). The first-order valence-corrected chi connectivity index (χ1v) is 5.19. The molecular formula is C10H18LiNO11. The Bertz CT molecular complexity index is 347. The minimum absolute atomic E-state index is 0. The summed E-state index contributed by atoms with van der Waals surface area (Å²) in [6.45, 7) is 3.64. The van der Waals surface area contributed by atoms with Gasteiger partial charge in [-0.15, -0.1) is 0 Å². The molecule has 0 fully saturated rings. The van der Waals surface area contributed by atoms with E-state index < -0.39 is 42.0 Å². The van der Waals surface area contributed by atoms with Crippen molar-refractivity contribution in [1.82, 2.24) is 0 Å². The molecule has 0 saturated carbocycles. The number of aliphatic hydroxyl groups excluding tert-OH is 1. The summed E-state index contributed by atoms with van der Waals surface area (Å²) >= 11 is 0. The van der Waals surface area contributed by atoms with Crippen molar-refractivity contribution in [1.29, 1.82) is 0 Å². The molecule has 0 aromatic rings. The summed E-state index contributed by atoms with van der Waals surface area (Å²) < 4.78 is 0. The number of carbonyl (C=O) groups is 5. The van der Waals surface area contributed by atoms with Crippen LogP contribution < -0.4 is 29.7 Å². The van der Waals surface area contributed by atoms with E-state index in [0.717, 1.165) is 13.8 Å². The largest absolute Gasteiger partial charge is 1.00 e. The number of rotatable bonds is 2. The Morgan fingerprint density at radius 3 is 1.04 bits per heavy atom. The van der Waals surface area contributed by atoms with E-state index in [1.54, 1.807) is 0 Å². The summed E-state index contributed by atoms with van der Waals surface area (Å²) in [6.07, 6.45) is -1.34. The van der Waals surface area contributed by atoms with Crippen molar-refractivity contribution in [2.75, 3.05) is 0 Å². The summed E-state index contributed by atoms with van der Waals surface area (Å²) in [6, 6.07) is -0.731. The number of aliphatic hydroxyl groups is 1. The van der Waals surface area contributed by atoms with Gasteiger partial charge in [0.25, 0.3) is 5.97 Å².